The minimum atomic E-state index is -4.56. The molecule has 1 aliphatic rings. The molecule has 0 bridgehead atoms. The maximum atomic E-state index is 12.9. The number of ether oxygens (including phenoxy) is 1. The van der Waals surface area contributed by atoms with Crippen LogP contribution in [0.25, 0.3) is 0 Å². The lowest BCUT2D eigenvalue weighted by Crippen LogP contribution is -2.42. The normalized spacial score (nSPS) is 24.0. The number of halogens is 5. The van der Waals surface area contributed by atoms with Crippen molar-refractivity contribution in [3.63, 3.8) is 0 Å². The number of aliphatic hydroxyl groups excluding tert-OH is 1. The van der Waals surface area contributed by atoms with Gasteiger partial charge in [0.2, 0.25) is 6.23 Å². The zero-order valence-electron chi connectivity index (χ0n) is 9.49. The van der Waals surface area contributed by atoms with E-state index in [0.717, 1.165) is 4.90 Å². The van der Waals surface area contributed by atoms with Gasteiger partial charge in [-0.3, -0.25) is 0 Å². The summed E-state index contributed by atoms with van der Waals surface area (Å²) in [5.74, 6) is 0. The van der Waals surface area contributed by atoms with Gasteiger partial charge < -0.3 is 14.7 Å². The van der Waals surface area contributed by atoms with Gasteiger partial charge in [0.05, 0.1) is 16.7 Å². The van der Waals surface area contributed by atoms with Gasteiger partial charge in [-0.05, 0) is 18.2 Å². The molecule has 0 amide bonds. The molecule has 106 valence electrons. The molecule has 2 atom stereocenters. The van der Waals surface area contributed by atoms with Crippen LogP contribution in [0.2, 0.25) is 10.0 Å². The molecule has 1 saturated heterocycles. The lowest BCUT2D eigenvalue weighted by molar-refractivity contribution is -0.215. The van der Waals surface area contributed by atoms with E-state index in [9.17, 15) is 13.2 Å². The number of hydrogen-bond donors (Lipinski definition) is 1. The summed E-state index contributed by atoms with van der Waals surface area (Å²) < 4.78 is 43.4. The van der Waals surface area contributed by atoms with Crippen LogP contribution in [0.3, 0.4) is 0 Å². The van der Waals surface area contributed by atoms with Crippen LogP contribution in [-0.2, 0) is 4.74 Å². The highest BCUT2D eigenvalue weighted by molar-refractivity contribution is 6.42. The van der Waals surface area contributed by atoms with Crippen molar-refractivity contribution >= 4 is 28.9 Å². The molecule has 0 saturated carbocycles. The highest BCUT2D eigenvalue weighted by atomic mass is 35.5. The third-order valence-electron chi connectivity index (χ3n) is 2.72. The summed E-state index contributed by atoms with van der Waals surface area (Å²) in [5, 5.41) is 9.36. The Labute approximate surface area is 117 Å². The Hall–Kier alpha value is -0.690. The van der Waals surface area contributed by atoms with Crippen molar-refractivity contribution in [2.75, 3.05) is 18.1 Å². The van der Waals surface area contributed by atoms with Gasteiger partial charge in [0.15, 0.2) is 0 Å². The number of aliphatic hydroxyl groups is 1. The van der Waals surface area contributed by atoms with Crippen LogP contribution in [-0.4, -0.2) is 36.8 Å². The number of hydrogen-bond acceptors (Lipinski definition) is 3. The fourth-order valence-corrected chi connectivity index (χ4v) is 2.17. The number of nitrogens with zero attached hydrogens (tertiary/aromatic N) is 1. The molecule has 2 rings (SSSR count). The first-order valence-corrected chi connectivity index (χ1v) is 6.13. The Morgan fingerprint density at radius 1 is 1.32 bits per heavy atom. The Kier molecular flexibility index (Phi) is 4.15. The van der Waals surface area contributed by atoms with Crippen LogP contribution in [0, 0.1) is 0 Å². The zero-order valence-corrected chi connectivity index (χ0v) is 11.0. The van der Waals surface area contributed by atoms with Gasteiger partial charge in [-0.25, -0.2) is 0 Å². The Bertz CT molecular complexity index is 470. The van der Waals surface area contributed by atoms with E-state index in [1.165, 1.54) is 18.2 Å². The smallest absolute Gasteiger partial charge is 0.394 e. The fourth-order valence-electron chi connectivity index (χ4n) is 1.87. The third kappa shape index (κ3) is 3.08. The lowest BCUT2D eigenvalue weighted by atomic mass is 10.2. The Morgan fingerprint density at radius 3 is 2.53 bits per heavy atom. The second-order valence-corrected chi connectivity index (χ2v) is 4.90. The molecular formula is C11H10Cl2F3NO2. The van der Waals surface area contributed by atoms with Crippen LogP contribution in [0.5, 0.6) is 0 Å². The lowest BCUT2D eigenvalue weighted by Gasteiger charge is -2.26. The molecule has 19 heavy (non-hydrogen) atoms. The fraction of sp³-hybridized carbons (Fsp3) is 0.455. The van der Waals surface area contributed by atoms with E-state index in [4.69, 9.17) is 33.0 Å². The highest BCUT2D eigenvalue weighted by Gasteiger charge is 2.50. The van der Waals surface area contributed by atoms with E-state index in [1.54, 1.807) is 0 Å². The quantitative estimate of drug-likeness (QED) is 0.910. The average Bonchev–Trinajstić information content (AvgIpc) is 2.76. The van der Waals surface area contributed by atoms with Gasteiger partial charge in [-0.15, -0.1) is 0 Å². The summed E-state index contributed by atoms with van der Waals surface area (Å²) in [6, 6.07) is 4.18. The third-order valence-corrected chi connectivity index (χ3v) is 3.46. The standard InChI is InChI=1S/C11H10Cl2F3NO2/c12-8-2-1-6(3-9(8)13)17-4-7(5-18)19-10(17)11(14,15)16/h1-3,7,10,18H,4-5H2/t7-,10+/m0/s1. The SMILES string of the molecule is OC[C@@H]1CN(c2ccc(Cl)c(Cl)c2)[C@@H](C(F)(F)F)O1. The van der Waals surface area contributed by atoms with Crippen molar-refractivity contribution in [1.82, 2.24) is 0 Å². The van der Waals surface area contributed by atoms with Crippen LogP contribution in [0.15, 0.2) is 18.2 Å². The predicted octanol–water partition coefficient (Wildman–Crippen LogP) is 3.08. The molecule has 1 aromatic rings. The van der Waals surface area contributed by atoms with Crippen molar-refractivity contribution in [2.45, 2.75) is 18.5 Å². The zero-order chi connectivity index (χ0) is 14.2. The highest BCUT2D eigenvalue weighted by Crippen LogP contribution is 2.36. The van der Waals surface area contributed by atoms with E-state index in [2.05, 4.69) is 0 Å². The molecule has 8 heteroatoms. The van der Waals surface area contributed by atoms with E-state index < -0.39 is 25.1 Å². The van der Waals surface area contributed by atoms with Gasteiger partial charge >= 0.3 is 6.18 Å². The van der Waals surface area contributed by atoms with Crippen LogP contribution in [0.1, 0.15) is 0 Å². The minimum Gasteiger partial charge on any atom is -0.394 e. The number of alkyl halides is 3. The van der Waals surface area contributed by atoms with Gasteiger partial charge in [-0.1, -0.05) is 23.2 Å². The van der Waals surface area contributed by atoms with Crippen molar-refractivity contribution in [3.8, 4) is 0 Å². The van der Waals surface area contributed by atoms with E-state index in [0.29, 0.717) is 0 Å². The molecule has 1 aromatic carbocycles. The van der Waals surface area contributed by atoms with Gasteiger partial charge in [0.25, 0.3) is 0 Å². The first-order valence-electron chi connectivity index (χ1n) is 5.37. The van der Waals surface area contributed by atoms with Crippen LogP contribution >= 0.6 is 23.2 Å². The van der Waals surface area contributed by atoms with E-state index in [-0.39, 0.29) is 22.3 Å². The van der Waals surface area contributed by atoms with E-state index >= 15 is 0 Å². The second-order valence-electron chi connectivity index (χ2n) is 4.09. The molecule has 1 heterocycles. The number of rotatable bonds is 2. The molecule has 1 N–H and O–H groups in total. The summed E-state index contributed by atoms with van der Waals surface area (Å²) >= 11 is 11.5. The summed E-state index contributed by atoms with van der Waals surface area (Å²) in [7, 11) is 0. The molecular weight excluding hydrogens is 306 g/mol. The minimum absolute atomic E-state index is 0.0708. The first kappa shape index (κ1) is 14.7. The molecule has 0 unspecified atom stereocenters. The van der Waals surface area contributed by atoms with Crippen molar-refractivity contribution in [1.29, 1.82) is 0 Å². The number of anilines is 1. The summed E-state index contributed by atoms with van der Waals surface area (Å²) in [6.45, 7) is -0.553. The van der Waals surface area contributed by atoms with Gasteiger partial charge in [0, 0.05) is 12.2 Å². The van der Waals surface area contributed by atoms with Crippen molar-refractivity contribution in [3.05, 3.63) is 28.2 Å². The Balaban J connectivity index is 2.32. The molecule has 0 spiro atoms. The summed E-state index contributed by atoms with van der Waals surface area (Å²) in [4.78, 5) is 1.00. The summed E-state index contributed by atoms with van der Waals surface area (Å²) in [6.07, 6.45) is -7.54. The maximum absolute atomic E-state index is 12.9. The van der Waals surface area contributed by atoms with Crippen molar-refractivity contribution in [2.24, 2.45) is 0 Å². The first-order chi connectivity index (χ1) is 8.82. The largest absolute Gasteiger partial charge is 0.433 e. The number of benzene rings is 1. The monoisotopic (exact) mass is 315 g/mol. The Morgan fingerprint density at radius 2 is 2.00 bits per heavy atom. The molecule has 0 aliphatic carbocycles. The van der Waals surface area contributed by atoms with Gasteiger partial charge in [0.1, 0.15) is 6.10 Å². The molecule has 0 radical (unpaired) electrons. The summed E-state index contributed by atoms with van der Waals surface area (Å²) in [5.41, 5.74) is 0.243. The maximum Gasteiger partial charge on any atom is 0.433 e. The molecule has 3 nitrogen and oxygen atoms in total. The van der Waals surface area contributed by atoms with Crippen molar-refractivity contribution < 1.29 is 23.0 Å². The topological polar surface area (TPSA) is 32.7 Å². The molecule has 1 fully saturated rings. The van der Waals surface area contributed by atoms with E-state index in [1.807, 2.05) is 0 Å². The predicted molar refractivity (Wildman–Crippen MR) is 65.6 cm³/mol. The van der Waals surface area contributed by atoms with Gasteiger partial charge in [-0.2, -0.15) is 13.2 Å². The second kappa shape index (κ2) is 5.36. The molecule has 1 aliphatic heterocycles. The molecule has 0 aromatic heterocycles. The van der Waals surface area contributed by atoms with Crippen LogP contribution in [0.4, 0.5) is 18.9 Å². The van der Waals surface area contributed by atoms with Crippen LogP contribution < -0.4 is 4.90 Å². The average molecular weight is 316 g/mol.